The summed E-state index contributed by atoms with van der Waals surface area (Å²) in [6.07, 6.45) is 0.959. The Hall–Kier alpha value is -4.13. The van der Waals surface area contributed by atoms with Gasteiger partial charge in [-0.05, 0) is 26.0 Å². The Morgan fingerprint density at radius 1 is 1.18 bits per heavy atom. The molecule has 1 aliphatic rings. The Kier molecular flexibility index (Phi) is 6.11. The van der Waals surface area contributed by atoms with Crippen LogP contribution in [0.2, 0.25) is 0 Å². The van der Waals surface area contributed by atoms with Gasteiger partial charge in [0.05, 0.1) is 18.3 Å². The topological polar surface area (TPSA) is 140 Å². The number of hydrogen-bond acceptors (Lipinski definition) is 7. The van der Waals surface area contributed by atoms with Gasteiger partial charge in [-0.1, -0.05) is 0 Å². The molecule has 3 aromatic heterocycles. The first-order valence-electron chi connectivity index (χ1n) is 10.4. The summed E-state index contributed by atoms with van der Waals surface area (Å²) in [6.45, 7) is 3.12. The van der Waals surface area contributed by atoms with E-state index in [-0.39, 0.29) is 54.3 Å². The van der Waals surface area contributed by atoms with Crippen LogP contribution in [-0.2, 0) is 27.4 Å². The standard InChI is InChI=1S/C21H22FN7O5/c1-11(2)27-8-13-19(21(27)33)28(9-16(30)24-14-5-4-12(22)7-23-14)18-6-15(25-17(31)10-34-3)26-29(18)20(13)32/h4-7,11H,8-10H2,1-3H3,(H,23,24,30)(H,25,26,31). The fraction of sp³-hybridized carbons (Fsp3) is 0.333. The van der Waals surface area contributed by atoms with Gasteiger partial charge >= 0.3 is 0 Å². The fourth-order valence-corrected chi connectivity index (χ4v) is 3.71. The Labute approximate surface area is 192 Å². The Morgan fingerprint density at radius 3 is 2.56 bits per heavy atom. The maximum atomic E-state index is 13.2. The van der Waals surface area contributed by atoms with Crippen LogP contribution >= 0.6 is 0 Å². The molecule has 0 atom stereocenters. The van der Waals surface area contributed by atoms with Crippen molar-refractivity contribution in [1.29, 1.82) is 0 Å². The van der Waals surface area contributed by atoms with Gasteiger partial charge in [-0.3, -0.25) is 19.2 Å². The van der Waals surface area contributed by atoms with Gasteiger partial charge in [0.1, 0.15) is 36.1 Å². The van der Waals surface area contributed by atoms with E-state index in [0.717, 1.165) is 16.8 Å². The van der Waals surface area contributed by atoms with Crippen molar-refractivity contribution in [2.75, 3.05) is 24.4 Å². The maximum Gasteiger partial charge on any atom is 0.280 e. The molecule has 12 nitrogen and oxygen atoms in total. The first-order valence-corrected chi connectivity index (χ1v) is 10.4. The number of ether oxygens (including phenoxy) is 1. The van der Waals surface area contributed by atoms with E-state index in [1.54, 1.807) is 0 Å². The number of carbonyl (C=O) groups excluding carboxylic acids is 3. The van der Waals surface area contributed by atoms with Crippen LogP contribution in [0.3, 0.4) is 0 Å². The molecule has 0 fully saturated rings. The molecule has 0 unspecified atom stereocenters. The van der Waals surface area contributed by atoms with Crippen molar-refractivity contribution in [3.63, 3.8) is 0 Å². The normalized spacial score (nSPS) is 13.0. The minimum absolute atomic E-state index is 0.0605. The van der Waals surface area contributed by atoms with Crippen LogP contribution in [0.1, 0.15) is 29.9 Å². The molecule has 13 heteroatoms. The number of pyridine rings is 1. The number of aromatic nitrogens is 4. The molecule has 1 aliphatic heterocycles. The lowest BCUT2D eigenvalue weighted by Gasteiger charge is -2.20. The monoisotopic (exact) mass is 471 g/mol. The molecule has 4 heterocycles. The van der Waals surface area contributed by atoms with Gasteiger partial charge in [0.15, 0.2) is 5.82 Å². The second-order valence-corrected chi connectivity index (χ2v) is 7.94. The molecule has 3 aromatic rings. The Balaban J connectivity index is 1.78. The van der Waals surface area contributed by atoms with Crippen molar-refractivity contribution in [2.45, 2.75) is 33.0 Å². The van der Waals surface area contributed by atoms with Crippen molar-refractivity contribution in [3.8, 4) is 0 Å². The van der Waals surface area contributed by atoms with E-state index in [2.05, 4.69) is 20.7 Å². The van der Waals surface area contributed by atoms with Crippen LogP contribution in [-0.4, -0.2) is 61.5 Å². The summed E-state index contributed by atoms with van der Waals surface area (Å²) in [7, 11) is 1.36. The third-order valence-electron chi connectivity index (χ3n) is 5.23. The molecule has 0 spiro atoms. The number of halogens is 1. The number of rotatable bonds is 7. The average Bonchev–Trinajstić information content (AvgIpc) is 3.35. The Morgan fingerprint density at radius 2 is 1.91 bits per heavy atom. The number of nitrogens with one attached hydrogen (secondary N) is 2. The second kappa shape index (κ2) is 9.02. The minimum atomic E-state index is -0.561. The van der Waals surface area contributed by atoms with Crippen molar-refractivity contribution in [2.24, 2.45) is 0 Å². The molecule has 3 amide bonds. The van der Waals surface area contributed by atoms with Crippen LogP contribution in [0.15, 0.2) is 29.2 Å². The van der Waals surface area contributed by atoms with Gasteiger partial charge in [0.25, 0.3) is 17.4 Å². The van der Waals surface area contributed by atoms with Gasteiger partial charge < -0.3 is 24.8 Å². The van der Waals surface area contributed by atoms with E-state index in [1.165, 1.54) is 28.7 Å². The van der Waals surface area contributed by atoms with Gasteiger partial charge in [-0.2, -0.15) is 4.52 Å². The lowest BCUT2D eigenvalue weighted by Crippen LogP contribution is -2.32. The summed E-state index contributed by atoms with van der Waals surface area (Å²) in [4.78, 5) is 56.3. The molecule has 4 rings (SSSR count). The van der Waals surface area contributed by atoms with Crippen molar-refractivity contribution < 1.29 is 23.5 Å². The predicted molar refractivity (Wildman–Crippen MR) is 118 cm³/mol. The number of anilines is 2. The highest BCUT2D eigenvalue weighted by atomic mass is 19.1. The third-order valence-corrected chi connectivity index (χ3v) is 5.23. The minimum Gasteiger partial charge on any atom is -0.375 e. The molecule has 0 saturated heterocycles. The zero-order valence-electron chi connectivity index (χ0n) is 18.7. The lowest BCUT2D eigenvalue weighted by molar-refractivity contribution is -0.119. The first kappa shape index (κ1) is 23.0. The Bertz CT molecular complexity index is 1350. The highest BCUT2D eigenvalue weighted by molar-refractivity contribution is 5.99. The smallest absolute Gasteiger partial charge is 0.280 e. The first-order chi connectivity index (χ1) is 16.2. The van der Waals surface area contributed by atoms with Crippen LogP contribution in [0.5, 0.6) is 0 Å². The van der Waals surface area contributed by atoms with Gasteiger partial charge in [-0.15, -0.1) is 5.10 Å². The quantitative estimate of drug-likeness (QED) is 0.515. The SMILES string of the molecule is COCC(=O)Nc1cc2n(CC(=O)Nc3ccc(F)cn3)c3c(c(=O)n2n1)CN(C(C)C)C3=O. The average molecular weight is 471 g/mol. The highest BCUT2D eigenvalue weighted by Crippen LogP contribution is 2.25. The molecule has 0 aromatic carbocycles. The number of nitrogens with zero attached hydrogens (tertiary/aromatic N) is 5. The largest absolute Gasteiger partial charge is 0.375 e. The zero-order chi connectivity index (χ0) is 24.6. The van der Waals surface area contributed by atoms with Crippen LogP contribution in [0.4, 0.5) is 16.0 Å². The molecule has 0 radical (unpaired) electrons. The molecule has 0 bridgehead atoms. The van der Waals surface area contributed by atoms with E-state index in [9.17, 15) is 23.6 Å². The summed E-state index contributed by atoms with van der Waals surface area (Å²) in [5.41, 5.74) is -0.122. The molecule has 34 heavy (non-hydrogen) atoms. The summed E-state index contributed by atoms with van der Waals surface area (Å²) in [5.74, 6) is -1.82. The van der Waals surface area contributed by atoms with Gasteiger partial charge in [0.2, 0.25) is 5.91 Å². The molecular weight excluding hydrogens is 449 g/mol. The summed E-state index contributed by atoms with van der Waals surface area (Å²) >= 11 is 0. The van der Waals surface area contributed by atoms with E-state index in [0.29, 0.717) is 0 Å². The van der Waals surface area contributed by atoms with Crippen molar-refractivity contribution >= 4 is 35.0 Å². The van der Waals surface area contributed by atoms with Crippen LogP contribution in [0.25, 0.3) is 5.65 Å². The number of methoxy groups -OCH3 is 1. The number of hydrogen-bond donors (Lipinski definition) is 2. The van der Waals surface area contributed by atoms with Gasteiger partial charge in [0, 0.05) is 19.2 Å². The molecule has 178 valence electrons. The maximum absolute atomic E-state index is 13.2. The van der Waals surface area contributed by atoms with E-state index >= 15 is 0 Å². The molecule has 0 saturated carbocycles. The van der Waals surface area contributed by atoms with Gasteiger partial charge in [-0.25, -0.2) is 9.37 Å². The molecular formula is C21H22FN7O5. The summed E-state index contributed by atoms with van der Waals surface area (Å²) < 4.78 is 20.3. The second-order valence-electron chi connectivity index (χ2n) is 7.94. The van der Waals surface area contributed by atoms with Crippen LogP contribution < -0.4 is 16.2 Å². The number of fused-ring (bicyclic) bond motifs is 2. The highest BCUT2D eigenvalue weighted by Gasteiger charge is 2.36. The lowest BCUT2D eigenvalue weighted by atomic mass is 10.2. The summed E-state index contributed by atoms with van der Waals surface area (Å²) in [6, 6.07) is 3.66. The number of amides is 3. The van der Waals surface area contributed by atoms with E-state index < -0.39 is 29.1 Å². The number of carbonyl (C=O) groups is 3. The van der Waals surface area contributed by atoms with E-state index in [4.69, 9.17) is 4.74 Å². The molecule has 2 N–H and O–H groups in total. The predicted octanol–water partition coefficient (Wildman–Crippen LogP) is 0.618. The van der Waals surface area contributed by atoms with Crippen molar-refractivity contribution in [1.82, 2.24) is 24.1 Å². The third kappa shape index (κ3) is 4.24. The summed E-state index contributed by atoms with van der Waals surface area (Å²) in [5, 5.41) is 9.19. The molecule has 0 aliphatic carbocycles. The van der Waals surface area contributed by atoms with E-state index in [1.807, 2.05) is 13.8 Å². The van der Waals surface area contributed by atoms with Crippen molar-refractivity contribution in [3.05, 3.63) is 51.8 Å². The van der Waals surface area contributed by atoms with Crippen LogP contribution in [0, 0.1) is 5.82 Å². The fourth-order valence-electron chi connectivity index (χ4n) is 3.71. The zero-order valence-corrected chi connectivity index (χ0v) is 18.7.